The normalized spacial score (nSPS) is 18.6. The van der Waals surface area contributed by atoms with Gasteiger partial charge in [0.2, 0.25) is 5.91 Å². The van der Waals surface area contributed by atoms with Crippen LogP contribution in [0.15, 0.2) is 23.5 Å². The van der Waals surface area contributed by atoms with Gasteiger partial charge in [-0.3, -0.25) is 9.59 Å². The van der Waals surface area contributed by atoms with E-state index in [9.17, 15) is 9.59 Å². The summed E-state index contributed by atoms with van der Waals surface area (Å²) in [6.45, 7) is 6.51. The van der Waals surface area contributed by atoms with E-state index in [1.165, 1.54) is 23.4 Å². The maximum Gasteiger partial charge on any atom is 0.251 e. The van der Waals surface area contributed by atoms with Gasteiger partial charge in [0.15, 0.2) is 0 Å². The Morgan fingerprint density at radius 2 is 2.25 bits per heavy atom. The number of ether oxygens (including phenoxy) is 1. The molecule has 0 bridgehead atoms. The summed E-state index contributed by atoms with van der Waals surface area (Å²) >= 11 is 0. The van der Waals surface area contributed by atoms with Crippen molar-refractivity contribution in [2.24, 2.45) is 0 Å². The summed E-state index contributed by atoms with van der Waals surface area (Å²) in [6, 6.07) is 1.41. The molecule has 1 fully saturated rings. The lowest BCUT2D eigenvalue weighted by molar-refractivity contribution is -0.147. The van der Waals surface area contributed by atoms with Crippen molar-refractivity contribution < 1.29 is 9.53 Å². The fraction of sp³-hybridized carbons (Fsp3) is 0.533. The number of amides is 1. The van der Waals surface area contributed by atoms with Crippen LogP contribution in [0.2, 0.25) is 0 Å². The Labute approximate surface area is 138 Å². The van der Waals surface area contributed by atoms with Crippen molar-refractivity contribution in [2.75, 3.05) is 19.7 Å². The predicted molar refractivity (Wildman–Crippen MR) is 84.2 cm³/mol. The monoisotopic (exact) mass is 332 g/mol. The first-order chi connectivity index (χ1) is 11.4. The first-order valence-electron chi connectivity index (χ1n) is 7.72. The molecule has 24 heavy (non-hydrogen) atoms. The Morgan fingerprint density at radius 3 is 2.92 bits per heavy atom. The Morgan fingerprint density at radius 1 is 1.46 bits per heavy atom. The third kappa shape index (κ3) is 3.07. The molecule has 3 rings (SSSR count). The van der Waals surface area contributed by atoms with E-state index in [4.69, 9.17) is 4.74 Å². The van der Waals surface area contributed by atoms with Crippen molar-refractivity contribution >= 4 is 5.91 Å². The van der Waals surface area contributed by atoms with Crippen LogP contribution in [0, 0.1) is 6.92 Å². The molecule has 1 aliphatic heterocycles. The highest BCUT2D eigenvalue weighted by molar-refractivity contribution is 5.83. The Kier molecular flexibility index (Phi) is 4.18. The van der Waals surface area contributed by atoms with Crippen molar-refractivity contribution in [1.29, 1.82) is 0 Å². The van der Waals surface area contributed by atoms with Gasteiger partial charge >= 0.3 is 0 Å². The number of nitrogens with one attached hydrogen (secondary N) is 1. The number of aromatic nitrogens is 5. The number of aryl methyl sites for hydroxylation is 1. The van der Waals surface area contributed by atoms with Crippen LogP contribution in [0.25, 0.3) is 0 Å². The lowest BCUT2D eigenvalue weighted by Crippen LogP contribution is -2.51. The van der Waals surface area contributed by atoms with Gasteiger partial charge in [-0.25, -0.2) is 14.6 Å². The number of nitrogens with zero attached hydrogens (tertiary/aromatic N) is 5. The number of rotatable bonds is 3. The second-order valence-corrected chi connectivity index (χ2v) is 6.27. The molecule has 0 unspecified atom stereocenters. The van der Waals surface area contributed by atoms with Crippen LogP contribution in [0.5, 0.6) is 0 Å². The van der Waals surface area contributed by atoms with E-state index in [2.05, 4.69) is 20.1 Å². The van der Waals surface area contributed by atoms with Gasteiger partial charge in [0.25, 0.3) is 5.56 Å². The highest BCUT2D eigenvalue weighted by atomic mass is 16.5. The van der Waals surface area contributed by atoms with Crippen LogP contribution < -0.4 is 5.56 Å². The van der Waals surface area contributed by atoms with E-state index < -0.39 is 11.6 Å². The van der Waals surface area contributed by atoms with E-state index in [0.29, 0.717) is 31.2 Å². The van der Waals surface area contributed by atoms with Crippen LogP contribution in [-0.4, -0.2) is 55.2 Å². The molecule has 1 atom stereocenters. The van der Waals surface area contributed by atoms with Crippen molar-refractivity contribution in [3.8, 4) is 0 Å². The molecule has 9 nitrogen and oxygen atoms in total. The predicted octanol–water partition coefficient (Wildman–Crippen LogP) is 0.00502. The zero-order chi connectivity index (χ0) is 17.3. The topological polar surface area (TPSA) is 106 Å². The SMILES string of the molecule is Cc1nc([C@@H]2CN(C(=O)C(C)(C)n3cncn3)CCO2)cc(=O)[nH]1. The number of H-pyrrole nitrogens is 1. The first kappa shape index (κ1) is 16.3. The smallest absolute Gasteiger partial charge is 0.251 e. The van der Waals surface area contributed by atoms with Crippen molar-refractivity contribution in [1.82, 2.24) is 29.6 Å². The molecule has 0 saturated carbocycles. The lowest BCUT2D eigenvalue weighted by atomic mass is 10.0. The fourth-order valence-electron chi connectivity index (χ4n) is 2.76. The summed E-state index contributed by atoms with van der Waals surface area (Å²) in [4.78, 5) is 37.1. The van der Waals surface area contributed by atoms with Gasteiger partial charge in [-0.15, -0.1) is 0 Å². The number of carbonyl (C=O) groups is 1. The molecule has 128 valence electrons. The van der Waals surface area contributed by atoms with Crippen LogP contribution in [0.1, 0.15) is 31.5 Å². The number of aromatic amines is 1. The molecule has 1 amide bonds. The first-order valence-corrected chi connectivity index (χ1v) is 7.72. The van der Waals surface area contributed by atoms with E-state index >= 15 is 0 Å². The minimum Gasteiger partial charge on any atom is -0.368 e. The van der Waals surface area contributed by atoms with Gasteiger partial charge < -0.3 is 14.6 Å². The van der Waals surface area contributed by atoms with E-state index in [1.54, 1.807) is 25.7 Å². The van der Waals surface area contributed by atoms with Crippen LogP contribution >= 0.6 is 0 Å². The average Bonchev–Trinajstić information content (AvgIpc) is 3.08. The van der Waals surface area contributed by atoms with E-state index in [1.807, 2.05) is 0 Å². The molecule has 2 aromatic rings. The number of carbonyl (C=O) groups excluding carboxylic acids is 1. The zero-order valence-corrected chi connectivity index (χ0v) is 13.9. The van der Waals surface area contributed by atoms with Gasteiger partial charge in [-0.05, 0) is 20.8 Å². The van der Waals surface area contributed by atoms with Gasteiger partial charge in [0.05, 0.1) is 18.8 Å². The molecule has 0 spiro atoms. The summed E-state index contributed by atoms with van der Waals surface area (Å²) in [5, 5.41) is 4.07. The molecule has 0 radical (unpaired) electrons. The number of morpholine rings is 1. The van der Waals surface area contributed by atoms with Crippen LogP contribution in [-0.2, 0) is 15.1 Å². The summed E-state index contributed by atoms with van der Waals surface area (Å²) in [5.74, 6) is 0.440. The van der Waals surface area contributed by atoms with Crippen molar-refractivity contribution in [3.05, 3.63) is 40.6 Å². The quantitative estimate of drug-likeness (QED) is 0.848. The van der Waals surface area contributed by atoms with Gasteiger partial charge in [0, 0.05) is 12.6 Å². The largest absolute Gasteiger partial charge is 0.368 e. The third-order valence-corrected chi connectivity index (χ3v) is 4.08. The maximum absolute atomic E-state index is 12.9. The molecular weight excluding hydrogens is 312 g/mol. The standard InChI is InChI=1S/C15H20N6O3/c1-10-18-11(6-13(22)19-10)12-7-20(4-5-24-12)14(23)15(2,3)21-9-16-8-17-21/h6,8-9,12H,4-5,7H2,1-3H3,(H,18,19,22)/t12-/m0/s1. The molecular formula is C15H20N6O3. The molecule has 1 saturated heterocycles. The fourth-order valence-corrected chi connectivity index (χ4v) is 2.76. The summed E-state index contributed by atoms with van der Waals surface area (Å²) in [6.07, 6.45) is 2.51. The van der Waals surface area contributed by atoms with Gasteiger partial charge in [-0.1, -0.05) is 0 Å². The Hall–Kier alpha value is -2.55. The number of hydrogen-bond acceptors (Lipinski definition) is 6. The summed E-state index contributed by atoms with van der Waals surface area (Å²) in [7, 11) is 0. The minimum atomic E-state index is -0.851. The second-order valence-electron chi connectivity index (χ2n) is 6.27. The van der Waals surface area contributed by atoms with E-state index in [0.717, 1.165) is 0 Å². The molecule has 1 aliphatic rings. The Bertz CT molecular complexity index is 783. The highest BCUT2D eigenvalue weighted by Gasteiger charge is 2.37. The van der Waals surface area contributed by atoms with Crippen molar-refractivity contribution in [3.63, 3.8) is 0 Å². The molecule has 0 aromatic carbocycles. The molecule has 0 aliphatic carbocycles. The molecule has 2 aromatic heterocycles. The molecule has 1 N–H and O–H groups in total. The second kappa shape index (κ2) is 6.16. The number of hydrogen-bond donors (Lipinski definition) is 1. The van der Waals surface area contributed by atoms with Crippen molar-refractivity contribution in [2.45, 2.75) is 32.4 Å². The summed E-state index contributed by atoms with van der Waals surface area (Å²) < 4.78 is 7.25. The van der Waals surface area contributed by atoms with Crippen LogP contribution in [0.3, 0.4) is 0 Å². The van der Waals surface area contributed by atoms with Gasteiger partial charge in [0.1, 0.15) is 30.1 Å². The average molecular weight is 332 g/mol. The summed E-state index contributed by atoms with van der Waals surface area (Å²) in [5.41, 5.74) is -0.546. The third-order valence-electron chi connectivity index (χ3n) is 4.08. The van der Waals surface area contributed by atoms with Crippen LogP contribution in [0.4, 0.5) is 0 Å². The zero-order valence-electron chi connectivity index (χ0n) is 13.9. The molecule has 3 heterocycles. The minimum absolute atomic E-state index is 0.0807. The Balaban J connectivity index is 1.80. The molecule has 9 heteroatoms. The highest BCUT2D eigenvalue weighted by Crippen LogP contribution is 2.24. The maximum atomic E-state index is 12.9. The van der Waals surface area contributed by atoms with E-state index in [-0.39, 0.29) is 11.5 Å². The lowest BCUT2D eigenvalue weighted by Gasteiger charge is -2.37. The van der Waals surface area contributed by atoms with Gasteiger partial charge in [-0.2, -0.15) is 5.10 Å².